The van der Waals surface area contributed by atoms with Crippen molar-refractivity contribution in [3.8, 4) is 11.3 Å². The highest BCUT2D eigenvalue weighted by atomic mass is 79.9. The van der Waals surface area contributed by atoms with Gasteiger partial charge in [0, 0.05) is 31.7 Å². The van der Waals surface area contributed by atoms with Gasteiger partial charge in [0.25, 0.3) is 0 Å². The average Bonchev–Trinajstić information content (AvgIpc) is 2.75. The van der Waals surface area contributed by atoms with Crippen LogP contribution in [0.1, 0.15) is 0 Å². The molecule has 0 radical (unpaired) electrons. The van der Waals surface area contributed by atoms with Crippen molar-refractivity contribution in [1.29, 1.82) is 0 Å². The van der Waals surface area contributed by atoms with Crippen LogP contribution in [0.15, 0.2) is 53.0 Å². The van der Waals surface area contributed by atoms with E-state index in [1.165, 1.54) is 0 Å². The van der Waals surface area contributed by atoms with Crippen molar-refractivity contribution in [3.05, 3.63) is 58.0 Å². The van der Waals surface area contributed by atoms with Crippen LogP contribution in [0.2, 0.25) is 5.02 Å². The zero-order valence-corrected chi connectivity index (χ0v) is 11.2. The van der Waals surface area contributed by atoms with Crippen LogP contribution >= 0.6 is 27.5 Å². The van der Waals surface area contributed by atoms with E-state index in [2.05, 4.69) is 33.0 Å². The Morgan fingerprint density at radius 3 is 2.59 bits per heavy atom. The minimum absolute atomic E-state index is 0.775. The van der Waals surface area contributed by atoms with Crippen molar-refractivity contribution in [1.82, 2.24) is 4.98 Å². The van der Waals surface area contributed by atoms with Gasteiger partial charge < -0.3 is 4.98 Å². The smallest absolute Gasteiger partial charge is 0.0500 e. The van der Waals surface area contributed by atoms with Crippen LogP contribution in [0.5, 0.6) is 0 Å². The lowest BCUT2D eigenvalue weighted by atomic mass is 10.1. The molecule has 0 amide bonds. The normalized spacial score (nSPS) is 10.9. The molecule has 0 bridgehead atoms. The molecule has 1 aromatic heterocycles. The highest BCUT2D eigenvalue weighted by molar-refractivity contribution is 9.10. The lowest BCUT2D eigenvalue weighted by Gasteiger charge is -2.00. The summed E-state index contributed by atoms with van der Waals surface area (Å²) in [6.07, 6.45) is 0. The topological polar surface area (TPSA) is 15.8 Å². The molecule has 0 saturated carbocycles. The van der Waals surface area contributed by atoms with Crippen LogP contribution in [0.3, 0.4) is 0 Å². The van der Waals surface area contributed by atoms with Gasteiger partial charge in [-0.15, -0.1) is 0 Å². The Labute approximate surface area is 113 Å². The number of H-pyrrole nitrogens is 1. The van der Waals surface area contributed by atoms with Crippen molar-refractivity contribution in [2.45, 2.75) is 0 Å². The summed E-state index contributed by atoms with van der Waals surface area (Å²) in [7, 11) is 0. The molecule has 3 rings (SSSR count). The molecule has 3 heteroatoms. The van der Waals surface area contributed by atoms with Crippen LogP contribution in [0.25, 0.3) is 22.2 Å². The van der Waals surface area contributed by atoms with Crippen molar-refractivity contribution in [2.75, 3.05) is 0 Å². The fourth-order valence-electron chi connectivity index (χ4n) is 1.94. The Morgan fingerprint density at radius 1 is 1.00 bits per heavy atom. The van der Waals surface area contributed by atoms with Gasteiger partial charge in [0.15, 0.2) is 0 Å². The largest absolute Gasteiger partial charge is 0.354 e. The summed E-state index contributed by atoms with van der Waals surface area (Å²) in [5, 5.41) is 1.83. The van der Waals surface area contributed by atoms with E-state index in [4.69, 9.17) is 11.6 Å². The van der Waals surface area contributed by atoms with E-state index in [9.17, 15) is 0 Å². The minimum atomic E-state index is 0.775. The molecular weight excluding hydrogens is 298 g/mol. The number of fused-ring (bicyclic) bond motifs is 1. The fourth-order valence-corrected chi connectivity index (χ4v) is 2.67. The maximum Gasteiger partial charge on any atom is 0.0500 e. The molecule has 1 N–H and O–H groups in total. The van der Waals surface area contributed by atoms with E-state index in [-0.39, 0.29) is 0 Å². The van der Waals surface area contributed by atoms with Gasteiger partial charge >= 0.3 is 0 Å². The summed E-state index contributed by atoms with van der Waals surface area (Å²) in [5.74, 6) is 0. The molecule has 0 atom stereocenters. The van der Waals surface area contributed by atoms with Gasteiger partial charge in [-0.25, -0.2) is 0 Å². The maximum absolute atomic E-state index is 6.17. The first-order valence-electron chi connectivity index (χ1n) is 5.28. The highest BCUT2D eigenvalue weighted by Crippen LogP contribution is 2.32. The second-order valence-corrected chi connectivity index (χ2v) is 5.13. The lowest BCUT2D eigenvalue weighted by molar-refractivity contribution is 1.44. The fraction of sp³-hybridized carbons (Fsp3) is 0. The van der Waals surface area contributed by atoms with Crippen LogP contribution in [-0.2, 0) is 0 Å². The van der Waals surface area contributed by atoms with E-state index in [0.717, 1.165) is 31.7 Å². The summed E-state index contributed by atoms with van der Waals surface area (Å²) in [6.45, 7) is 0. The number of rotatable bonds is 1. The predicted octanol–water partition coefficient (Wildman–Crippen LogP) is 5.25. The standard InChI is InChI=1S/C14H9BrClN/c15-11-5-2-1-4-9(11)14-8-10-12(16)6-3-7-13(10)17-14/h1-8,17H. The molecule has 0 aliphatic carbocycles. The molecule has 2 aromatic carbocycles. The molecule has 0 aliphatic rings. The van der Waals surface area contributed by atoms with Gasteiger partial charge in [-0.2, -0.15) is 0 Å². The maximum atomic E-state index is 6.17. The zero-order valence-electron chi connectivity index (χ0n) is 8.87. The summed E-state index contributed by atoms with van der Waals surface area (Å²) >= 11 is 9.72. The van der Waals surface area contributed by atoms with Gasteiger partial charge in [0.2, 0.25) is 0 Å². The number of aromatic nitrogens is 1. The molecule has 84 valence electrons. The first-order chi connectivity index (χ1) is 8.25. The molecule has 0 saturated heterocycles. The Morgan fingerprint density at radius 2 is 1.82 bits per heavy atom. The van der Waals surface area contributed by atoms with E-state index in [0.29, 0.717) is 0 Å². The number of halogens is 2. The van der Waals surface area contributed by atoms with Crippen molar-refractivity contribution in [3.63, 3.8) is 0 Å². The summed E-state index contributed by atoms with van der Waals surface area (Å²) in [4.78, 5) is 3.38. The van der Waals surface area contributed by atoms with E-state index in [1.807, 2.05) is 36.4 Å². The molecule has 3 aromatic rings. The van der Waals surface area contributed by atoms with Crippen molar-refractivity contribution < 1.29 is 0 Å². The number of hydrogen-bond donors (Lipinski definition) is 1. The first-order valence-corrected chi connectivity index (χ1v) is 6.45. The average molecular weight is 307 g/mol. The molecule has 0 fully saturated rings. The predicted molar refractivity (Wildman–Crippen MR) is 76.4 cm³/mol. The van der Waals surface area contributed by atoms with Gasteiger partial charge in [-0.3, -0.25) is 0 Å². The lowest BCUT2D eigenvalue weighted by Crippen LogP contribution is -1.77. The number of aromatic amines is 1. The van der Waals surface area contributed by atoms with E-state index < -0.39 is 0 Å². The number of hydrogen-bond acceptors (Lipinski definition) is 0. The van der Waals surface area contributed by atoms with Gasteiger partial charge in [-0.05, 0) is 24.3 Å². The van der Waals surface area contributed by atoms with Crippen LogP contribution in [0, 0.1) is 0 Å². The number of nitrogens with one attached hydrogen (secondary N) is 1. The second kappa shape index (κ2) is 4.21. The van der Waals surface area contributed by atoms with Gasteiger partial charge in [0.1, 0.15) is 0 Å². The SMILES string of the molecule is Clc1cccc2[nH]c(-c3ccccc3Br)cc12. The van der Waals surface area contributed by atoms with Gasteiger partial charge in [0.05, 0.1) is 0 Å². The van der Waals surface area contributed by atoms with Crippen molar-refractivity contribution >= 4 is 38.4 Å². The third kappa shape index (κ3) is 1.88. The molecular formula is C14H9BrClN. The Balaban J connectivity index is 2.26. The van der Waals surface area contributed by atoms with Crippen LogP contribution < -0.4 is 0 Å². The number of benzene rings is 2. The monoisotopic (exact) mass is 305 g/mol. The second-order valence-electron chi connectivity index (χ2n) is 3.86. The highest BCUT2D eigenvalue weighted by Gasteiger charge is 2.07. The Hall–Kier alpha value is -1.25. The quantitative estimate of drug-likeness (QED) is 0.632. The van der Waals surface area contributed by atoms with E-state index in [1.54, 1.807) is 0 Å². The summed E-state index contributed by atoms with van der Waals surface area (Å²) in [6, 6.07) is 16.1. The first kappa shape index (κ1) is 10.9. The molecule has 1 heterocycles. The molecule has 17 heavy (non-hydrogen) atoms. The van der Waals surface area contributed by atoms with Crippen LogP contribution in [-0.4, -0.2) is 4.98 Å². The molecule has 1 nitrogen and oxygen atoms in total. The van der Waals surface area contributed by atoms with Gasteiger partial charge in [-0.1, -0.05) is 51.8 Å². The third-order valence-corrected chi connectivity index (χ3v) is 3.80. The Kier molecular flexibility index (Phi) is 2.69. The van der Waals surface area contributed by atoms with E-state index >= 15 is 0 Å². The van der Waals surface area contributed by atoms with Crippen LogP contribution in [0.4, 0.5) is 0 Å². The third-order valence-electron chi connectivity index (χ3n) is 2.77. The Bertz CT molecular complexity index is 688. The summed E-state index contributed by atoms with van der Waals surface area (Å²) < 4.78 is 1.07. The molecule has 0 aliphatic heterocycles. The van der Waals surface area contributed by atoms with Crippen molar-refractivity contribution in [2.24, 2.45) is 0 Å². The minimum Gasteiger partial charge on any atom is -0.354 e. The zero-order chi connectivity index (χ0) is 11.8. The molecule has 0 unspecified atom stereocenters. The molecule has 0 spiro atoms. The summed E-state index contributed by atoms with van der Waals surface area (Å²) in [5.41, 5.74) is 3.27.